The molecule has 0 radical (unpaired) electrons. The monoisotopic (exact) mass is 256 g/mol. The van der Waals surface area contributed by atoms with Crippen molar-refractivity contribution in [3.8, 4) is 0 Å². The number of pyridine rings is 2. The normalized spacial score (nSPS) is 10.8. The Labute approximate surface area is 99.1 Å². The number of carbonyl (C=O) groups is 1. The molecule has 2 aromatic heterocycles. The van der Waals surface area contributed by atoms with Gasteiger partial charge in [0.05, 0.1) is 5.39 Å². The predicted molar refractivity (Wildman–Crippen MR) is 58.9 cm³/mol. The first-order chi connectivity index (χ1) is 7.91. The van der Waals surface area contributed by atoms with Crippen molar-refractivity contribution >= 4 is 28.6 Å². The molecule has 2 heterocycles. The number of aryl methyl sites for hydroxylation is 1. The number of aromatic nitrogens is 2. The largest absolute Gasteiger partial charge is 0.477 e. The number of hydrogen-bond donors (Lipinski definition) is 1. The summed E-state index contributed by atoms with van der Waals surface area (Å²) in [5, 5.41) is 8.34. The summed E-state index contributed by atoms with van der Waals surface area (Å²) in [6, 6.07) is 0.888. The second-order valence-corrected chi connectivity index (χ2v) is 3.78. The van der Waals surface area contributed by atoms with Crippen molar-refractivity contribution in [3.05, 3.63) is 39.0 Å². The molecular weight excluding hydrogens is 251 g/mol. The van der Waals surface area contributed by atoms with Gasteiger partial charge in [-0.2, -0.15) is 0 Å². The van der Waals surface area contributed by atoms with Gasteiger partial charge in [-0.25, -0.2) is 14.2 Å². The van der Waals surface area contributed by atoms with Crippen molar-refractivity contribution < 1.29 is 14.3 Å². The van der Waals surface area contributed by atoms with Crippen molar-refractivity contribution in [1.82, 2.24) is 9.55 Å². The van der Waals surface area contributed by atoms with E-state index in [4.69, 9.17) is 16.7 Å². The van der Waals surface area contributed by atoms with Crippen LogP contribution in [0.4, 0.5) is 4.39 Å². The molecule has 0 aliphatic carbocycles. The van der Waals surface area contributed by atoms with Crippen molar-refractivity contribution in [3.63, 3.8) is 0 Å². The highest BCUT2D eigenvalue weighted by molar-refractivity contribution is 6.29. The van der Waals surface area contributed by atoms with E-state index in [1.807, 2.05) is 0 Å². The minimum Gasteiger partial charge on any atom is -0.477 e. The second kappa shape index (κ2) is 3.81. The first-order valence-electron chi connectivity index (χ1n) is 4.50. The molecule has 0 saturated heterocycles. The van der Waals surface area contributed by atoms with Gasteiger partial charge >= 0.3 is 5.97 Å². The molecule has 7 heteroatoms. The lowest BCUT2D eigenvalue weighted by Gasteiger charge is -2.06. The lowest BCUT2D eigenvalue weighted by atomic mass is 10.2. The highest BCUT2D eigenvalue weighted by atomic mass is 35.5. The van der Waals surface area contributed by atoms with E-state index in [-0.39, 0.29) is 16.2 Å². The molecule has 0 aromatic carbocycles. The van der Waals surface area contributed by atoms with E-state index in [1.54, 1.807) is 0 Å². The smallest absolute Gasteiger partial charge is 0.341 e. The fourth-order valence-electron chi connectivity index (χ4n) is 1.50. The standard InChI is InChI=1S/C10H6ClFN2O3/c1-14-3-5(10(16)17)7(15)4-2-6(12)8(11)13-9(4)14/h2-3H,1H3,(H,16,17). The summed E-state index contributed by atoms with van der Waals surface area (Å²) < 4.78 is 14.5. The van der Waals surface area contributed by atoms with Gasteiger partial charge in [0.2, 0.25) is 5.43 Å². The zero-order valence-corrected chi connectivity index (χ0v) is 9.32. The van der Waals surface area contributed by atoms with Crippen LogP contribution in [0.15, 0.2) is 17.1 Å². The van der Waals surface area contributed by atoms with Gasteiger partial charge < -0.3 is 9.67 Å². The van der Waals surface area contributed by atoms with Gasteiger partial charge in [-0.1, -0.05) is 11.6 Å². The average Bonchev–Trinajstić information content (AvgIpc) is 2.25. The molecule has 1 N–H and O–H groups in total. The van der Waals surface area contributed by atoms with Crippen LogP contribution in [0, 0.1) is 5.82 Å². The maximum Gasteiger partial charge on any atom is 0.341 e. The summed E-state index contributed by atoms with van der Waals surface area (Å²) in [5.74, 6) is -2.23. The third-order valence-corrected chi connectivity index (χ3v) is 2.55. The van der Waals surface area contributed by atoms with Crippen LogP contribution in [-0.2, 0) is 7.05 Å². The molecule has 88 valence electrons. The third-order valence-electron chi connectivity index (χ3n) is 2.29. The van der Waals surface area contributed by atoms with Crippen LogP contribution in [0.5, 0.6) is 0 Å². The summed E-state index contributed by atoms with van der Waals surface area (Å²) >= 11 is 5.50. The predicted octanol–water partition coefficient (Wildman–Crippen LogP) is 1.42. The summed E-state index contributed by atoms with van der Waals surface area (Å²) in [7, 11) is 1.50. The third kappa shape index (κ3) is 1.76. The van der Waals surface area contributed by atoms with E-state index in [2.05, 4.69) is 4.98 Å². The van der Waals surface area contributed by atoms with E-state index in [0.29, 0.717) is 0 Å². The number of carboxylic acid groups (broad SMARTS) is 1. The number of fused-ring (bicyclic) bond motifs is 1. The van der Waals surface area contributed by atoms with Gasteiger partial charge in [0, 0.05) is 13.2 Å². The van der Waals surface area contributed by atoms with Crippen LogP contribution >= 0.6 is 11.6 Å². The van der Waals surface area contributed by atoms with Crippen molar-refractivity contribution in [1.29, 1.82) is 0 Å². The van der Waals surface area contributed by atoms with Crippen molar-refractivity contribution in [2.45, 2.75) is 0 Å². The van der Waals surface area contributed by atoms with Crippen LogP contribution in [0.25, 0.3) is 11.0 Å². The van der Waals surface area contributed by atoms with E-state index in [1.165, 1.54) is 11.6 Å². The van der Waals surface area contributed by atoms with Gasteiger partial charge in [-0.3, -0.25) is 4.79 Å². The first kappa shape index (κ1) is 11.5. The lowest BCUT2D eigenvalue weighted by molar-refractivity contribution is 0.0695. The number of nitrogens with zero attached hydrogens (tertiary/aromatic N) is 2. The molecule has 0 fully saturated rings. The van der Waals surface area contributed by atoms with Gasteiger partial charge in [0.15, 0.2) is 11.0 Å². The Morgan fingerprint density at radius 1 is 1.59 bits per heavy atom. The van der Waals surface area contributed by atoms with Gasteiger partial charge in [-0.15, -0.1) is 0 Å². The Morgan fingerprint density at radius 3 is 2.82 bits per heavy atom. The Bertz CT molecular complexity index is 696. The molecule has 0 bridgehead atoms. The van der Waals surface area contributed by atoms with Crippen LogP contribution in [-0.4, -0.2) is 20.6 Å². The number of halogens is 2. The Morgan fingerprint density at radius 2 is 2.24 bits per heavy atom. The number of carboxylic acids is 1. The maximum atomic E-state index is 13.2. The number of rotatable bonds is 1. The SMILES string of the molecule is Cn1cc(C(=O)O)c(=O)c2cc(F)c(Cl)nc21. The zero-order chi connectivity index (χ0) is 12.7. The minimum absolute atomic E-state index is 0.116. The lowest BCUT2D eigenvalue weighted by Crippen LogP contribution is -2.18. The van der Waals surface area contributed by atoms with Gasteiger partial charge in [0.1, 0.15) is 11.2 Å². The summed E-state index contributed by atoms with van der Waals surface area (Å²) in [4.78, 5) is 26.3. The molecule has 2 aromatic rings. The van der Waals surface area contributed by atoms with Crippen molar-refractivity contribution in [2.24, 2.45) is 7.05 Å². The summed E-state index contributed by atoms with van der Waals surface area (Å²) in [6.07, 6.45) is 1.12. The van der Waals surface area contributed by atoms with Crippen LogP contribution < -0.4 is 5.43 Å². The van der Waals surface area contributed by atoms with E-state index < -0.39 is 22.8 Å². The molecule has 17 heavy (non-hydrogen) atoms. The molecule has 0 unspecified atom stereocenters. The Kier molecular flexibility index (Phi) is 2.59. The molecular formula is C10H6ClFN2O3. The van der Waals surface area contributed by atoms with Gasteiger partial charge in [0.25, 0.3) is 0 Å². The van der Waals surface area contributed by atoms with Crippen LogP contribution in [0.1, 0.15) is 10.4 Å². The summed E-state index contributed by atoms with van der Waals surface area (Å²) in [5.41, 5.74) is -1.09. The molecule has 0 spiro atoms. The second-order valence-electron chi connectivity index (χ2n) is 3.42. The molecule has 5 nitrogen and oxygen atoms in total. The van der Waals surface area contributed by atoms with Gasteiger partial charge in [-0.05, 0) is 6.07 Å². The fourth-order valence-corrected chi connectivity index (χ4v) is 1.64. The highest BCUT2D eigenvalue weighted by Crippen LogP contribution is 2.17. The molecule has 0 amide bonds. The molecule has 0 atom stereocenters. The highest BCUT2D eigenvalue weighted by Gasteiger charge is 2.16. The van der Waals surface area contributed by atoms with Crippen LogP contribution in [0.2, 0.25) is 5.15 Å². The Balaban J connectivity index is 2.99. The van der Waals surface area contributed by atoms with Crippen LogP contribution in [0.3, 0.4) is 0 Å². The average molecular weight is 257 g/mol. The zero-order valence-electron chi connectivity index (χ0n) is 8.57. The van der Waals surface area contributed by atoms with E-state index in [0.717, 1.165) is 12.3 Å². The molecule has 0 aliphatic rings. The topological polar surface area (TPSA) is 72.2 Å². The molecule has 0 aliphatic heterocycles. The quantitative estimate of drug-likeness (QED) is 0.784. The number of hydrogen-bond acceptors (Lipinski definition) is 3. The Hall–Kier alpha value is -1.95. The maximum absolute atomic E-state index is 13.2. The molecule has 2 rings (SSSR count). The molecule has 0 saturated carbocycles. The van der Waals surface area contributed by atoms with Crippen molar-refractivity contribution in [2.75, 3.05) is 0 Å². The fraction of sp³-hybridized carbons (Fsp3) is 0.100. The number of aromatic carboxylic acids is 1. The van der Waals surface area contributed by atoms with E-state index >= 15 is 0 Å². The van der Waals surface area contributed by atoms with E-state index in [9.17, 15) is 14.0 Å². The minimum atomic E-state index is -1.37. The first-order valence-corrected chi connectivity index (χ1v) is 4.88. The summed E-state index contributed by atoms with van der Waals surface area (Å²) in [6.45, 7) is 0.